The Morgan fingerprint density at radius 1 is 1.22 bits per heavy atom. The average molecular weight is 252 g/mol. The summed E-state index contributed by atoms with van der Waals surface area (Å²) in [5, 5.41) is 11.8. The Balaban J connectivity index is 2.90. The summed E-state index contributed by atoms with van der Waals surface area (Å²) in [5.41, 5.74) is -0.142. The molecule has 1 aromatic carbocycles. The van der Waals surface area contributed by atoms with Gasteiger partial charge in [0.1, 0.15) is 11.6 Å². The van der Waals surface area contributed by atoms with Crippen LogP contribution in [0.5, 0.6) is 0 Å². The fourth-order valence-electron chi connectivity index (χ4n) is 1.64. The van der Waals surface area contributed by atoms with E-state index >= 15 is 0 Å². The summed E-state index contributed by atoms with van der Waals surface area (Å²) in [5.74, 6) is -1.35. The maximum Gasteiger partial charge on any atom is 0.131 e. The molecule has 0 saturated heterocycles. The Bertz CT molecular complexity index is 436. The fourth-order valence-corrected chi connectivity index (χ4v) is 1.64. The van der Waals surface area contributed by atoms with Crippen LogP contribution >= 0.6 is 0 Å². The van der Waals surface area contributed by atoms with Gasteiger partial charge >= 0.3 is 0 Å². The maximum atomic E-state index is 13.6. The minimum atomic E-state index is -0.673. The van der Waals surface area contributed by atoms with Crippen molar-refractivity contribution < 1.29 is 8.78 Å². The second-order valence-electron chi connectivity index (χ2n) is 4.65. The first-order chi connectivity index (χ1) is 8.45. The van der Waals surface area contributed by atoms with Gasteiger partial charge in [0.25, 0.3) is 0 Å². The molecule has 2 nitrogen and oxygen atoms in total. The summed E-state index contributed by atoms with van der Waals surface area (Å²) >= 11 is 0. The van der Waals surface area contributed by atoms with E-state index in [0.717, 1.165) is 25.0 Å². The van der Waals surface area contributed by atoms with Gasteiger partial charge in [-0.2, -0.15) is 5.26 Å². The number of hydrogen-bond donors (Lipinski definition) is 1. The molecular weight excluding hydrogens is 234 g/mol. The van der Waals surface area contributed by atoms with Crippen molar-refractivity contribution in [2.45, 2.75) is 45.7 Å². The summed E-state index contributed by atoms with van der Waals surface area (Å²) in [4.78, 5) is 0. The van der Waals surface area contributed by atoms with Crippen molar-refractivity contribution >= 4 is 0 Å². The number of nitrogens with zero attached hydrogens (tertiary/aromatic N) is 1. The second kappa shape index (κ2) is 5.92. The molecule has 0 aliphatic rings. The van der Waals surface area contributed by atoms with Crippen LogP contribution in [0.4, 0.5) is 8.78 Å². The van der Waals surface area contributed by atoms with Gasteiger partial charge in [-0.3, -0.25) is 0 Å². The van der Waals surface area contributed by atoms with E-state index in [9.17, 15) is 8.78 Å². The highest BCUT2D eigenvalue weighted by molar-refractivity contribution is 5.34. The van der Waals surface area contributed by atoms with Crippen LogP contribution in [0, 0.1) is 23.0 Å². The number of nitriles is 1. The minimum absolute atomic E-state index is 0.00231. The Hall–Kier alpha value is -1.47. The second-order valence-corrected chi connectivity index (χ2v) is 4.65. The molecule has 0 atom stereocenters. The van der Waals surface area contributed by atoms with Crippen LogP contribution in [-0.4, -0.2) is 5.54 Å². The molecular formula is C14H18F2N2. The highest BCUT2D eigenvalue weighted by Gasteiger charge is 2.20. The summed E-state index contributed by atoms with van der Waals surface area (Å²) in [7, 11) is 0. The van der Waals surface area contributed by atoms with Crippen molar-refractivity contribution in [3.05, 3.63) is 34.9 Å². The van der Waals surface area contributed by atoms with Crippen LogP contribution in [-0.2, 0) is 6.54 Å². The van der Waals surface area contributed by atoms with Gasteiger partial charge in [-0.05, 0) is 31.9 Å². The molecule has 1 rings (SSSR count). The zero-order valence-corrected chi connectivity index (χ0v) is 11.0. The van der Waals surface area contributed by atoms with E-state index in [2.05, 4.69) is 5.32 Å². The normalized spacial score (nSPS) is 11.3. The lowest BCUT2D eigenvalue weighted by Gasteiger charge is -2.28. The topological polar surface area (TPSA) is 35.8 Å². The molecule has 0 amide bonds. The van der Waals surface area contributed by atoms with Crippen molar-refractivity contribution in [1.82, 2.24) is 5.32 Å². The standard InChI is InChI=1S/C14H18F2N2/c1-4-14(3,5-2)18-9-11-12(15)6-10(8-17)7-13(11)16/h6-7,18H,4-5,9H2,1-3H3. The van der Waals surface area contributed by atoms with E-state index in [0.29, 0.717) is 0 Å². The molecule has 0 fully saturated rings. The quantitative estimate of drug-likeness (QED) is 0.870. The Kier molecular flexibility index (Phi) is 4.80. The summed E-state index contributed by atoms with van der Waals surface area (Å²) in [6.45, 7) is 6.21. The first-order valence-corrected chi connectivity index (χ1v) is 6.08. The lowest BCUT2D eigenvalue weighted by molar-refractivity contribution is 0.324. The first kappa shape index (κ1) is 14.6. The lowest BCUT2D eigenvalue weighted by Crippen LogP contribution is -2.40. The van der Waals surface area contributed by atoms with Gasteiger partial charge in [0, 0.05) is 17.6 Å². The van der Waals surface area contributed by atoms with Crippen LogP contribution in [0.25, 0.3) is 0 Å². The van der Waals surface area contributed by atoms with Crippen LogP contribution in [0.3, 0.4) is 0 Å². The third kappa shape index (κ3) is 3.27. The lowest BCUT2D eigenvalue weighted by atomic mass is 9.95. The number of rotatable bonds is 5. The Morgan fingerprint density at radius 2 is 1.72 bits per heavy atom. The molecule has 98 valence electrons. The predicted molar refractivity (Wildman–Crippen MR) is 66.9 cm³/mol. The van der Waals surface area contributed by atoms with E-state index in [4.69, 9.17) is 5.26 Å². The molecule has 0 radical (unpaired) electrons. The molecule has 1 N–H and O–H groups in total. The van der Waals surface area contributed by atoms with Gasteiger partial charge in [-0.15, -0.1) is 0 Å². The molecule has 18 heavy (non-hydrogen) atoms. The smallest absolute Gasteiger partial charge is 0.131 e. The Labute approximate surface area is 107 Å². The number of hydrogen-bond acceptors (Lipinski definition) is 2. The molecule has 0 aliphatic heterocycles. The molecule has 0 aliphatic carbocycles. The van der Waals surface area contributed by atoms with Crippen LogP contribution < -0.4 is 5.32 Å². The number of nitrogens with one attached hydrogen (secondary N) is 1. The van der Waals surface area contributed by atoms with E-state index in [1.54, 1.807) is 6.07 Å². The predicted octanol–water partition coefficient (Wildman–Crippen LogP) is 3.50. The summed E-state index contributed by atoms with van der Waals surface area (Å²) in [6, 6.07) is 3.86. The molecule has 0 saturated carbocycles. The third-order valence-electron chi connectivity index (χ3n) is 3.52. The number of benzene rings is 1. The SMILES string of the molecule is CCC(C)(CC)NCc1c(F)cc(C#N)cc1F. The molecule has 0 bridgehead atoms. The summed E-state index contributed by atoms with van der Waals surface area (Å²) in [6.07, 6.45) is 1.76. The first-order valence-electron chi connectivity index (χ1n) is 6.08. The zero-order chi connectivity index (χ0) is 13.8. The highest BCUT2D eigenvalue weighted by Crippen LogP contribution is 2.18. The van der Waals surface area contributed by atoms with Crippen LogP contribution in [0.15, 0.2) is 12.1 Å². The van der Waals surface area contributed by atoms with Gasteiger partial charge in [0.15, 0.2) is 0 Å². The monoisotopic (exact) mass is 252 g/mol. The van der Waals surface area contributed by atoms with Gasteiger partial charge in [-0.25, -0.2) is 8.78 Å². The van der Waals surface area contributed by atoms with Gasteiger partial charge < -0.3 is 5.32 Å². The van der Waals surface area contributed by atoms with E-state index < -0.39 is 11.6 Å². The van der Waals surface area contributed by atoms with Crippen molar-refractivity contribution in [3.63, 3.8) is 0 Å². The van der Waals surface area contributed by atoms with Crippen molar-refractivity contribution in [2.24, 2.45) is 0 Å². The van der Waals surface area contributed by atoms with Crippen LogP contribution in [0.2, 0.25) is 0 Å². The third-order valence-corrected chi connectivity index (χ3v) is 3.52. The van der Waals surface area contributed by atoms with E-state index in [1.165, 1.54) is 0 Å². The molecule has 4 heteroatoms. The summed E-state index contributed by atoms with van der Waals surface area (Å²) < 4.78 is 27.3. The minimum Gasteiger partial charge on any atom is -0.307 e. The number of halogens is 2. The zero-order valence-electron chi connectivity index (χ0n) is 11.0. The average Bonchev–Trinajstić information content (AvgIpc) is 2.37. The van der Waals surface area contributed by atoms with Crippen LogP contribution in [0.1, 0.15) is 44.7 Å². The maximum absolute atomic E-state index is 13.6. The van der Waals surface area contributed by atoms with Crippen molar-refractivity contribution in [3.8, 4) is 6.07 Å². The molecule has 0 unspecified atom stereocenters. The highest BCUT2D eigenvalue weighted by atomic mass is 19.1. The van der Waals surface area contributed by atoms with Crippen molar-refractivity contribution in [2.75, 3.05) is 0 Å². The Morgan fingerprint density at radius 3 is 2.11 bits per heavy atom. The fraction of sp³-hybridized carbons (Fsp3) is 0.500. The van der Waals surface area contributed by atoms with E-state index in [-0.39, 0.29) is 23.2 Å². The molecule has 1 aromatic rings. The molecule has 0 heterocycles. The van der Waals surface area contributed by atoms with E-state index in [1.807, 2.05) is 20.8 Å². The molecule has 0 aromatic heterocycles. The van der Waals surface area contributed by atoms with Gasteiger partial charge in [0.2, 0.25) is 0 Å². The van der Waals surface area contributed by atoms with Gasteiger partial charge in [-0.1, -0.05) is 13.8 Å². The van der Waals surface area contributed by atoms with Gasteiger partial charge in [0.05, 0.1) is 11.6 Å². The van der Waals surface area contributed by atoms with Crippen molar-refractivity contribution in [1.29, 1.82) is 5.26 Å². The molecule has 0 spiro atoms. The largest absolute Gasteiger partial charge is 0.307 e.